The maximum absolute atomic E-state index is 11.3. The maximum Gasteiger partial charge on any atom is 0.278 e. The van der Waals surface area contributed by atoms with E-state index in [2.05, 4.69) is 21.0 Å². The van der Waals surface area contributed by atoms with Gasteiger partial charge in [0.25, 0.3) is 5.56 Å². The Morgan fingerprint density at radius 3 is 2.43 bits per heavy atom. The number of benzene rings is 1. The van der Waals surface area contributed by atoms with E-state index in [-0.39, 0.29) is 5.56 Å². The molecule has 1 heterocycles. The van der Waals surface area contributed by atoms with Crippen LogP contribution in [0.2, 0.25) is 0 Å². The third-order valence-electron chi connectivity index (χ3n) is 2.08. The lowest BCUT2D eigenvalue weighted by Crippen LogP contribution is -2.04. The first-order valence-corrected chi connectivity index (χ1v) is 5.02. The van der Waals surface area contributed by atoms with Gasteiger partial charge in [-0.25, -0.2) is 0 Å². The fourth-order valence-electron chi connectivity index (χ4n) is 1.33. The van der Waals surface area contributed by atoms with Crippen LogP contribution in [0.1, 0.15) is 5.69 Å². The van der Waals surface area contributed by atoms with E-state index < -0.39 is 0 Å². The summed E-state index contributed by atoms with van der Waals surface area (Å²) >= 11 is 3.23. The standard InChI is InChI=1S/C10H9BrN2O/c1-7-9(11)10(14)12-13(7)8-5-3-2-4-6-8/h2-6H,1H3,(H,12,14). The minimum atomic E-state index is -0.105. The van der Waals surface area contributed by atoms with Crippen molar-refractivity contribution in [1.29, 1.82) is 0 Å². The molecule has 0 amide bonds. The number of para-hydroxylation sites is 1. The lowest BCUT2D eigenvalue weighted by atomic mass is 10.3. The van der Waals surface area contributed by atoms with Gasteiger partial charge in [0.1, 0.15) is 4.47 Å². The Morgan fingerprint density at radius 1 is 1.29 bits per heavy atom. The average Bonchev–Trinajstić information content (AvgIpc) is 2.47. The quantitative estimate of drug-likeness (QED) is 0.831. The molecule has 4 heteroatoms. The first-order valence-electron chi connectivity index (χ1n) is 4.22. The van der Waals surface area contributed by atoms with E-state index >= 15 is 0 Å². The molecule has 2 aromatic rings. The zero-order chi connectivity index (χ0) is 10.1. The van der Waals surface area contributed by atoms with E-state index in [0.29, 0.717) is 4.47 Å². The van der Waals surface area contributed by atoms with Gasteiger partial charge in [0.15, 0.2) is 0 Å². The average molecular weight is 253 g/mol. The van der Waals surface area contributed by atoms with Gasteiger partial charge in [-0.15, -0.1) is 0 Å². The summed E-state index contributed by atoms with van der Waals surface area (Å²) in [5.41, 5.74) is 1.72. The second-order valence-corrected chi connectivity index (χ2v) is 3.80. The van der Waals surface area contributed by atoms with Crippen LogP contribution in [-0.4, -0.2) is 9.78 Å². The molecule has 0 radical (unpaired) electrons. The van der Waals surface area contributed by atoms with Crippen molar-refractivity contribution >= 4 is 15.9 Å². The molecule has 0 bridgehead atoms. The van der Waals surface area contributed by atoms with E-state index in [0.717, 1.165) is 11.4 Å². The fraction of sp³-hybridized carbons (Fsp3) is 0.100. The SMILES string of the molecule is Cc1c(Br)c(=O)[nH]n1-c1ccccc1. The molecular formula is C10H9BrN2O. The van der Waals surface area contributed by atoms with Gasteiger partial charge in [-0.05, 0) is 35.0 Å². The third-order valence-corrected chi connectivity index (χ3v) is 3.01. The highest BCUT2D eigenvalue weighted by Crippen LogP contribution is 2.14. The highest BCUT2D eigenvalue weighted by molar-refractivity contribution is 9.10. The van der Waals surface area contributed by atoms with E-state index in [1.165, 1.54) is 0 Å². The number of aromatic amines is 1. The molecule has 0 aliphatic carbocycles. The summed E-state index contributed by atoms with van der Waals surface area (Å²) in [5.74, 6) is 0. The molecule has 3 nitrogen and oxygen atoms in total. The summed E-state index contributed by atoms with van der Waals surface area (Å²) in [7, 11) is 0. The van der Waals surface area contributed by atoms with Gasteiger partial charge < -0.3 is 0 Å². The molecule has 0 aliphatic rings. The number of hydrogen-bond donors (Lipinski definition) is 1. The smallest absolute Gasteiger partial charge is 0.267 e. The predicted octanol–water partition coefficient (Wildman–Crippen LogP) is 2.24. The Kier molecular flexibility index (Phi) is 2.29. The van der Waals surface area contributed by atoms with Gasteiger partial charge in [0.05, 0.1) is 11.4 Å². The van der Waals surface area contributed by atoms with Crippen LogP contribution in [0.5, 0.6) is 0 Å². The summed E-state index contributed by atoms with van der Waals surface area (Å²) in [5, 5.41) is 2.74. The van der Waals surface area contributed by atoms with Crippen LogP contribution in [0.15, 0.2) is 39.6 Å². The Balaban J connectivity index is 2.64. The lowest BCUT2D eigenvalue weighted by molar-refractivity contribution is 0.834. The second-order valence-electron chi connectivity index (χ2n) is 3.01. The number of rotatable bonds is 1. The highest BCUT2D eigenvalue weighted by Gasteiger charge is 2.08. The van der Waals surface area contributed by atoms with E-state index in [4.69, 9.17) is 0 Å². The monoisotopic (exact) mass is 252 g/mol. The minimum Gasteiger partial charge on any atom is -0.267 e. The van der Waals surface area contributed by atoms with E-state index in [1.807, 2.05) is 37.3 Å². The molecule has 0 aliphatic heterocycles. The number of H-pyrrole nitrogens is 1. The van der Waals surface area contributed by atoms with Gasteiger partial charge >= 0.3 is 0 Å². The van der Waals surface area contributed by atoms with Crippen molar-refractivity contribution < 1.29 is 0 Å². The van der Waals surface area contributed by atoms with Crippen molar-refractivity contribution in [3.8, 4) is 5.69 Å². The van der Waals surface area contributed by atoms with Crippen LogP contribution in [0.25, 0.3) is 5.69 Å². The molecule has 1 aromatic heterocycles. The van der Waals surface area contributed by atoms with Crippen molar-refractivity contribution in [1.82, 2.24) is 9.78 Å². The maximum atomic E-state index is 11.3. The molecule has 0 fully saturated rings. The summed E-state index contributed by atoms with van der Waals surface area (Å²) in [4.78, 5) is 11.3. The van der Waals surface area contributed by atoms with Crippen molar-refractivity contribution in [2.45, 2.75) is 6.92 Å². The van der Waals surface area contributed by atoms with Crippen LogP contribution in [0.3, 0.4) is 0 Å². The van der Waals surface area contributed by atoms with Crippen LogP contribution in [-0.2, 0) is 0 Å². The Morgan fingerprint density at radius 2 is 1.93 bits per heavy atom. The largest absolute Gasteiger partial charge is 0.278 e. The Bertz CT molecular complexity index is 499. The Labute approximate surface area is 89.5 Å². The summed E-state index contributed by atoms with van der Waals surface area (Å²) < 4.78 is 2.34. The molecule has 0 spiro atoms. The molecule has 2 rings (SSSR count). The molecule has 0 saturated carbocycles. The topological polar surface area (TPSA) is 37.8 Å². The molecule has 0 saturated heterocycles. The number of aromatic nitrogens is 2. The third kappa shape index (κ3) is 1.42. The molecule has 0 unspecified atom stereocenters. The number of hydrogen-bond acceptors (Lipinski definition) is 1. The summed E-state index contributed by atoms with van der Waals surface area (Å²) in [6, 6.07) is 9.68. The molecule has 14 heavy (non-hydrogen) atoms. The molecule has 72 valence electrons. The number of nitrogens with zero attached hydrogens (tertiary/aromatic N) is 1. The van der Waals surface area contributed by atoms with Gasteiger partial charge in [-0.2, -0.15) is 0 Å². The van der Waals surface area contributed by atoms with E-state index in [9.17, 15) is 4.79 Å². The summed E-state index contributed by atoms with van der Waals surface area (Å²) in [6.45, 7) is 1.88. The van der Waals surface area contributed by atoms with Crippen LogP contribution in [0, 0.1) is 6.92 Å². The minimum absolute atomic E-state index is 0.105. The van der Waals surface area contributed by atoms with E-state index in [1.54, 1.807) is 4.68 Å². The fourth-order valence-corrected chi connectivity index (χ4v) is 1.60. The van der Waals surface area contributed by atoms with Gasteiger partial charge in [-0.1, -0.05) is 18.2 Å². The molecule has 0 atom stereocenters. The van der Waals surface area contributed by atoms with Crippen LogP contribution < -0.4 is 5.56 Å². The highest BCUT2D eigenvalue weighted by atomic mass is 79.9. The molecule has 1 N–H and O–H groups in total. The Hall–Kier alpha value is -1.29. The molecular weight excluding hydrogens is 244 g/mol. The summed E-state index contributed by atoms with van der Waals surface area (Å²) in [6.07, 6.45) is 0. The van der Waals surface area contributed by atoms with Crippen molar-refractivity contribution in [2.75, 3.05) is 0 Å². The van der Waals surface area contributed by atoms with Crippen LogP contribution >= 0.6 is 15.9 Å². The van der Waals surface area contributed by atoms with Crippen LogP contribution in [0.4, 0.5) is 0 Å². The van der Waals surface area contributed by atoms with Gasteiger partial charge in [0, 0.05) is 0 Å². The van der Waals surface area contributed by atoms with Gasteiger partial charge in [-0.3, -0.25) is 14.6 Å². The van der Waals surface area contributed by atoms with Crippen molar-refractivity contribution in [3.63, 3.8) is 0 Å². The van der Waals surface area contributed by atoms with Crippen molar-refractivity contribution in [2.24, 2.45) is 0 Å². The van der Waals surface area contributed by atoms with Gasteiger partial charge in [0.2, 0.25) is 0 Å². The number of halogens is 1. The first kappa shape index (κ1) is 9.27. The number of nitrogens with one attached hydrogen (secondary N) is 1. The lowest BCUT2D eigenvalue weighted by Gasteiger charge is -2.03. The van der Waals surface area contributed by atoms with Crippen molar-refractivity contribution in [3.05, 3.63) is 50.9 Å². The molecule has 1 aromatic carbocycles. The normalized spacial score (nSPS) is 10.4. The second kappa shape index (κ2) is 3.46. The predicted molar refractivity (Wildman–Crippen MR) is 58.8 cm³/mol. The zero-order valence-corrected chi connectivity index (χ0v) is 9.21. The zero-order valence-electron chi connectivity index (χ0n) is 7.62. The first-order chi connectivity index (χ1) is 6.70.